The summed E-state index contributed by atoms with van der Waals surface area (Å²) in [5.74, 6) is -0.277. The second-order valence-corrected chi connectivity index (χ2v) is 4.26. The number of carbonyl (C=O) groups is 1. The first-order valence-electron chi connectivity index (χ1n) is 5.01. The van der Waals surface area contributed by atoms with Crippen molar-refractivity contribution in [3.8, 4) is 5.75 Å². The summed E-state index contributed by atoms with van der Waals surface area (Å²) >= 11 is 4.15. The zero-order valence-corrected chi connectivity index (χ0v) is 9.45. The van der Waals surface area contributed by atoms with Gasteiger partial charge in [0.1, 0.15) is 0 Å². The lowest BCUT2D eigenvalue weighted by Gasteiger charge is -2.16. The van der Waals surface area contributed by atoms with Crippen molar-refractivity contribution in [2.75, 3.05) is 17.2 Å². The Hall–Kier alpha value is -1.23. The summed E-state index contributed by atoms with van der Waals surface area (Å²) in [6.07, 6.45) is 0.450. The number of anilines is 1. The van der Waals surface area contributed by atoms with Gasteiger partial charge in [0.2, 0.25) is 5.91 Å². The molecule has 1 aliphatic heterocycles. The van der Waals surface area contributed by atoms with Crippen LogP contribution >= 0.6 is 12.6 Å². The molecule has 1 N–H and O–H groups in total. The quantitative estimate of drug-likeness (QED) is 0.775. The molecule has 0 spiro atoms. The van der Waals surface area contributed by atoms with Crippen LogP contribution in [0.3, 0.4) is 0 Å². The number of phenolic OH excluding ortho intramolecular Hbond substituents is 1. The Bertz CT molecular complexity index is 424. The summed E-state index contributed by atoms with van der Waals surface area (Å²) in [5.41, 5.74) is 0.490. The van der Waals surface area contributed by atoms with E-state index in [1.165, 1.54) is 23.1 Å². The fourth-order valence-corrected chi connectivity index (χ4v) is 2.06. The molecule has 86 valence electrons. The van der Waals surface area contributed by atoms with Gasteiger partial charge in [0.25, 0.3) is 0 Å². The third kappa shape index (κ3) is 2.00. The van der Waals surface area contributed by atoms with Gasteiger partial charge in [0.15, 0.2) is 11.6 Å². The first-order valence-corrected chi connectivity index (χ1v) is 5.65. The van der Waals surface area contributed by atoms with Crippen molar-refractivity contribution in [3.63, 3.8) is 0 Å². The molecule has 1 saturated heterocycles. The van der Waals surface area contributed by atoms with Crippen molar-refractivity contribution in [2.24, 2.45) is 5.92 Å². The van der Waals surface area contributed by atoms with Crippen LogP contribution in [0.25, 0.3) is 0 Å². The molecule has 1 aromatic carbocycles. The maximum atomic E-state index is 13.1. The van der Waals surface area contributed by atoms with E-state index in [0.717, 1.165) is 0 Å². The third-order valence-corrected chi connectivity index (χ3v) is 3.22. The Balaban J connectivity index is 2.24. The number of halogens is 1. The summed E-state index contributed by atoms with van der Waals surface area (Å²) in [7, 11) is 0. The van der Waals surface area contributed by atoms with Gasteiger partial charge < -0.3 is 10.0 Å². The maximum absolute atomic E-state index is 13.1. The number of amides is 1. The average Bonchev–Trinajstić information content (AvgIpc) is 2.64. The molecule has 5 heteroatoms. The number of hydrogen-bond acceptors (Lipinski definition) is 3. The molecule has 1 atom stereocenters. The molecule has 1 amide bonds. The van der Waals surface area contributed by atoms with Crippen LogP contribution in [-0.4, -0.2) is 23.3 Å². The summed E-state index contributed by atoms with van der Waals surface area (Å²) in [6, 6.07) is 3.97. The molecule has 1 aliphatic rings. The lowest BCUT2D eigenvalue weighted by Crippen LogP contribution is -2.24. The van der Waals surface area contributed by atoms with Crippen LogP contribution in [0.15, 0.2) is 18.2 Å². The van der Waals surface area contributed by atoms with Gasteiger partial charge >= 0.3 is 0 Å². The standard InChI is InChI=1S/C11H12FNO2S/c12-9-4-8(1-2-10(9)14)13-5-7(6-16)3-11(13)15/h1-2,4,7,14,16H,3,5-6H2. The molecule has 16 heavy (non-hydrogen) atoms. The number of phenols is 1. The SMILES string of the molecule is O=C1CC(CS)CN1c1ccc(O)c(F)c1. The van der Waals surface area contributed by atoms with Gasteiger partial charge in [-0.05, 0) is 23.8 Å². The minimum atomic E-state index is -0.709. The van der Waals surface area contributed by atoms with Crippen molar-refractivity contribution in [3.05, 3.63) is 24.0 Å². The molecule has 0 aromatic heterocycles. The minimum Gasteiger partial charge on any atom is -0.505 e. The topological polar surface area (TPSA) is 40.5 Å². The molecule has 2 rings (SSSR count). The van der Waals surface area contributed by atoms with Gasteiger partial charge in [0.05, 0.1) is 0 Å². The highest BCUT2D eigenvalue weighted by atomic mass is 32.1. The van der Waals surface area contributed by atoms with Crippen molar-refractivity contribution in [2.45, 2.75) is 6.42 Å². The number of hydrogen-bond donors (Lipinski definition) is 2. The van der Waals surface area contributed by atoms with Crippen LogP contribution in [0.2, 0.25) is 0 Å². The Labute approximate surface area is 98.3 Å². The van der Waals surface area contributed by atoms with E-state index in [-0.39, 0.29) is 11.8 Å². The van der Waals surface area contributed by atoms with Crippen molar-refractivity contribution in [1.29, 1.82) is 0 Å². The molecule has 1 unspecified atom stereocenters. The zero-order chi connectivity index (χ0) is 11.7. The normalized spacial score (nSPS) is 20.5. The van der Waals surface area contributed by atoms with E-state index in [0.29, 0.717) is 24.4 Å². The molecule has 1 heterocycles. The van der Waals surface area contributed by atoms with E-state index < -0.39 is 11.6 Å². The second kappa shape index (κ2) is 4.33. The highest BCUT2D eigenvalue weighted by Crippen LogP contribution is 2.28. The van der Waals surface area contributed by atoms with Gasteiger partial charge in [-0.15, -0.1) is 0 Å². The lowest BCUT2D eigenvalue weighted by molar-refractivity contribution is -0.117. The fourth-order valence-electron chi connectivity index (χ4n) is 1.82. The summed E-state index contributed by atoms with van der Waals surface area (Å²) in [6.45, 7) is 0.562. The first-order chi connectivity index (χ1) is 7.61. The summed E-state index contributed by atoms with van der Waals surface area (Å²) in [4.78, 5) is 13.2. The van der Waals surface area contributed by atoms with Crippen molar-refractivity contribution in [1.82, 2.24) is 0 Å². The Kier molecular flexibility index (Phi) is 3.05. The zero-order valence-electron chi connectivity index (χ0n) is 8.56. The molecule has 0 radical (unpaired) electrons. The van der Waals surface area contributed by atoms with Crippen LogP contribution in [0, 0.1) is 11.7 Å². The van der Waals surface area contributed by atoms with Gasteiger partial charge in [-0.1, -0.05) is 0 Å². The van der Waals surface area contributed by atoms with Crippen LogP contribution in [-0.2, 0) is 4.79 Å². The monoisotopic (exact) mass is 241 g/mol. The summed E-state index contributed by atoms with van der Waals surface area (Å²) < 4.78 is 13.1. The van der Waals surface area contributed by atoms with Crippen LogP contribution < -0.4 is 4.90 Å². The van der Waals surface area contributed by atoms with Gasteiger partial charge in [-0.2, -0.15) is 12.6 Å². The number of carbonyl (C=O) groups excluding carboxylic acids is 1. The number of rotatable bonds is 2. The van der Waals surface area contributed by atoms with E-state index in [1.54, 1.807) is 0 Å². The Morgan fingerprint density at radius 2 is 2.31 bits per heavy atom. The largest absolute Gasteiger partial charge is 0.505 e. The molecule has 0 saturated carbocycles. The number of aromatic hydroxyl groups is 1. The molecule has 3 nitrogen and oxygen atoms in total. The number of benzene rings is 1. The average molecular weight is 241 g/mol. The molecule has 0 aliphatic carbocycles. The van der Waals surface area contributed by atoms with Crippen molar-refractivity contribution >= 4 is 24.2 Å². The minimum absolute atomic E-state index is 0.0239. The van der Waals surface area contributed by atoms with E-state index in [1.807, 2.05) is 0 Å². The first kappa shape index (κ1) is 11.3. The predicted octanol–water partition coefficient (Wildman–Crippen LogP) is 1.81. The lowest BCUT2D eigenvalue weighted by atomic mass is 10.1. The van der Waals surface area contributed by atoms with Crippen molar-refractivity contribution < 1.29 is 14.3 Å². The second-order valence-electron chi connectivity index (χ2n) is 3.89. The van der Waals surface area contributed by atoms with E-state index >= 15 is 0 Å². The van der Waals surface area contributed by atoms with E-state index in [2.05, 4.69) is 12.6 Å². The van der Waals surface area contributed by atoms with Crippen LogP contribution in [0.1, 0.15) is 6.42 Å². The molecule has 0 bridgehead atoms. The van der Waals surface area contributed by atoms with E-state index in [9.17, 15) is 9.18 Å². The van der Waals surface area contributed by atoms with Gasteiger partial charge in [-0.3, -0.25) is 4.79 Å². The van der Waals surface area contributed by atoms with Gasteiger partial charge in [-0.25, -0.2) is 4.39 Å². The number of thiol groups is 1. The number of nitrogens with zero attached hydrogens (tertiary/aromatic N) is 1. The molecule has 1 aromatic rings. The maximum Gasteiger partial charge on any atom is 0.227 e. The molecule has 1 fully saturated rings. The highest BCUT2D eigenvalue weighted by molar-refractivity contribution is 7.80. The highest BCUT2D eigenvalue weighted by Gasteiger charge is 2.29. The summed E-state index contributed by atoms with van der Waals surface area (Å²) in [5, 5.41) is 9.06. The van der Waals surface area contributed by atoms with Crippen LogP contribution in [0.5, 0.6) is 5.75 Å². The van der Waals surface area contributed by atoms with Gasteiger partial charge in [0, 0.05) is 24.7 Å². The Morgan fingerprint density at radius 3 is 2.88 bits per heavy atom. The smallest absolute Gasteiger partial charge is 0.227 e. The molecular weight excluding hydrogens is 229 g/mol. The van der Waals surface area contributed by atoms with Crippen LogP contribution in [0.4, 0.5) is 10.1 Å². The third-order valence-electron chi connectivity index (χ3n) is 2.71. The van der Waals surface area contributed by atoms with E-state index in [4.69, 9.17) is 5.11 Å². The Morgan fingerprint density at radius 1 is 1.56 bits per heavy atom. The predicted molar refractivity (Wildman–Crippen MR) is 62.4 cm³/mol. The fraction of sp³-hybridized carbons (Fsp3) is 0.364. The molecular formula is C11H12FNO2S.